The summed E-state index contributed by atoms with van der Waals surface area (Å²) in [5.74, 6) is -1.63. The molecule has 0 spiro atoms. The molecule has 0 bridgehead atoms. The van der Waals surface area contributed by atoms with Crippen molar-refractivity contribution in [2.75, 3.05) is 0 Å². The van der Waals surface area contributed by atoms with Crippen LogP contribution in [0.25, 0.3) is 0 Å². The van der Waals surface area contributed by atoms with E-state index in [2.05, 4.69) is 19.2 Å². The van der Waals surface area contributed by atoms with Crippen LogP contribution in [0.3, 0.4) is 0 Å². The number of carboxylic acids is 1. The minimum atomic E-state index is -0.842. The van der Waals surface area contributed by atoms with E-state index in [1.54, 1.807) is 0 Å². The number of hydrogen-bond acceptors (Lipinski definition) is 2. The molecule has 4 heteroatoms. The summed E-state index contributed by atoms with van der Waals surface area (Å²) in [5.41, 5.74) is 0. The van der Waals surface area contributed by atoms with Crippen LogP contribution in [0.5, 0.6) is 0 Å². The van der Waals surface area contributed by atoms with Crippen molar-refractivity contribution in [2.45, 2.75) is 58.4 Å². The van der Waals surface area contributed by atoms with Crippen LogP contribution in [0.15, 0.2) is 0 Å². The first-order valence-corrected chi connectivity index (χ1v) is 6.63. The van der Waals surface area contributed by atoms with Crippen LogP contribution in [0, 0.1) is 11.8 Å². The van der Waals surface area contributed by atoms with E-state index in [1.165, 1.54) is 0 Å². The molecule has 1 aliphatic carbocycles. The number of carbonyl (C=O) groups is 2. The minimum absolute atomic E-state index is 0.0630. The summed E-state index contributed by atoms with van der Waals surface area (Å²) in [6.45, 7) is 4.23. The Labute approximate surface area is 103 Å². The van der Waals surface area contributed by atoms with Gasteiger partial charge in [-0.05, 0) is 19.3 Å². The van der Waals surface area contributed by atoms with Crippen molar-refractivity contribution in [2.24, 2.45) is 11.8 Å². The van der Waals surface area contributed by atoms with Gasteiger partial charge in [0.25, 0.3) is 0 Å². The third kappa shape index (κ3) is 4.36. The molecule has 2 N–H and O–H groups in total. The average molecular weight is 241 g/mol. The molecule has 3 atom stereocenters. The minimum Gasteiger partial charge on any atom is -0.481 e. The molecule has 0 radical (unpaired) electrons. The van der Waals surface area contributed by atoms with E-state index in [4.69, 9.17) is 5.11 Å². The predicted molar refractivity (Wildman–Crippen MR) is 65.6 cm³/mol. The van der Waals surface area contributed by atoms with Crippen LogP contribution in [0.1, 0.15) is 52.4 Å². The molecule has 0 aliphatic heterocycles. The lowest BCUT2D eigenvalue weighted by Crippen LogP contribution is -2.36. The smallest absolute Gasteiger partial charge is 0.307 e. The highest BCUT2D eigenvalue weighted by Gasteiger charge is 2.48. The lowest BCUT2D eigenvalue weighted by molar-refractivity contribution is -0.140. The maximum atomic E-state index is 11.8. The monoisotopic (exact) mass is 241 g/mol. The summed E-state index contributed by atoms with van der Waals surface area (Å²) in [4.78, 5) is 22.5. The second-order valence-corrected chi connectivity index (χ2v) is 4.92. The zero-order valence-electron chi connectivity index (χ0n) is 10.7. The molecular formula is C13H23NO3. The maximum absolute atomic E-state index is 11.8. The van der Waals surface area contributed by atoms with Crippen molar-refractivity contribution in [3.05, 3.63) is 0 Å². The lowest BCUT2D eigenvalue weighted by atomic mass is 10.0. The number of carboxylic acid groups (broad SMARTS) is 1. The Morgan fingerprint density at radius 2 is 1.94 bits per heavy atom. The zero-order valence-corrected chi connectivity index (χ0v) is 10.7. The Balaban J connectivity index is 2.34. The first-order valence-electron chi connectivity index (χ1n) is 6.63. The quantitative estimate of drug-likeness (QED) is 0.684. The molecule has 0 aromatic carbocycles. The van der Waals surface area contributed by atoms with Gasteiger partial charge in [-0.2, -0.15) is 0 Å². The fourth-order valence-electron chi connectivity index (χ4n) is 2.15. The van der Waals surface area contributed by atoms with Crippen LogP contribution >= 0.6 is 0 Å². The number of carbonyl (C=O) groups excluding carboxylic acids is 1. The maximum Gasteiger partial charge on any atom is 0.307 e. The van der Waals surface area contributed by atoms with Gasteiger partial charge in [0.2, 0.25) is 5.91 Å². The summed E-state index contributed by atoms with van der Waals surface area (Å²) in [7, 11) is 0. The van der Waals surface area contributed by atoms with E-state index in [1.807, 2.05) is 0 Å². The summed E-state index contributed by atoms with van der Waals surface area (Å²) in [6.07, 6.45) is 5.77. The molecule has 4 nitrogen and oxygen atoms in total. The topological polar surface area (TPSA) is 66.4 Å². The molecule has 17 heavy (non-hydrogen) atoms. The molecule has 0 aromatic heterocycles. The first-order chi connectivity index (χ1) is 8.10. The van der Waals surface area contributed by atoms with E-state index in [9.17, 15) is 9.59 Å². The zero-order chi connectivity index (χ0) is 12.8. The van der Waals surface area contributed by atoms with Crippen LogP contribution in [0.4, 0.5) is 0 Å². The first kappa shape index (κ1) is 14.0. The van der Waals surface area contributed by atoms with Gasteiger partial charge in [-0.15, -0.1) is 0 Å². The molecule has 98 valence electrons. The summed E-state index contributed by atoms with van der Waals surface area (Å²) in [5, 5.41) is 11.8. The largest absolute Gasteiger partial charge is 0.481 e. The molecule has 1 fully saturated rings. The second kappa shape index (κ2) is 6.62. The highest BCUT2D eigenvalue weighted by Crippen LogP contribution is 2.38. The van der Waals surface area contributed by atoms with Crippen molar-refractivity contribution in [3.63, 3.8) is 0 Å². The lowest BCUT2D eigenvalue weighted by Gasteiger charge is -2.17. The summed E-state index contributed by atoms with van der Waals surface area (Å²) >= 11 is 0. The van der Waals surface area contributed by atoms with Gasteiger partial charge in [0.15, 0.2) is 0 Å². The van der Waals surface area contributed by atoms with Gasteiger partial charge < -0.3 is 10.4 Å². The third-order valence-corrected chi connectivity index (χ3v) is 3.33. The Morgan fingerprint density at radius 1 is 1.24 bits per heavy atom. The van der Waals surface area contributed by atoms with Crippen LogP contribution in [-0.4, -0.2) is 23.0 Å². The summed E-state index contributed by atoms with van der Waals surface area (Å²) in [6, 6.07) is 0.225. The molecule has 1 rings (SSSR count). The van der Waals surface area contributed by atoms with E-state index in [-0.39, 0.29) is 17.9 Å². The summed E-state index contributed by atoms with van der Waals surface area (Å²) < 4.78 is 0. The predicted octanol–water partition coefficient (Wildman–Crippen LogP) is 2.18. The molecule has 0 heterocycles. The van der Waals surface area contributed by atoms with Gasteiger partial charge in [0, 0.05) is 6.04 Å². The van der Waals surface area contributed by atoms with E-state index in [0.29, 0.717) is 6.42 Å². The van der Waals surface area contributed by atoms with Crippen molar-refractivity contribution >= 4 is 11.9 Å². The molecule has 1 amide bonds. The number of amides is 1. The number of rotatable bonds is 8. The number of aliphatic carboxylic acids is 1. The Kier molecular flexibility index (Phi) is 5.45. The number of nitrogens with one attached hydrogen (secondary N) is 1. The Hall–Kier alpha value is -1.06. The van der Waals surface area contributed by atoms with Crippen molar-refractivity contribution in [1.82, 2.24) is 5.32 Å². The Bertz CT molecular complexity index is 278. The standard InChI is InChI=1S/C13H23NO3/c1-3-5-7-9(6-4-2)14-12(15)10-8-11(10)13(16)17/h9-11H,3-8H2,1-2H3,(H,14,15)(H,16,17). The van der Waals surface area contributed by atoms with Gasteiger partial charge in [-0.1, -0.05) is 33.1 Å². The molecular weight excluding hydrogens is 218 g/mol. The third-order valence-electron chi connectivity index (χ3n) is 3.33. The molecule has 3 unspecified atom stereocenters. The average Bonchev–Trinajstić information content (AvgIpc) is 3.06. The fourth-order valence-corrected chi connectivity index (χ4v) is 2.15. The van der Waals surface area contributed by atoms with Crippen LogP contribution < -0.4 is 5.32 Å². The van der Waals surface area contributed by atoms with E-state index < -0.39 is 11.9 Å². The van der Waals surface area contributed by atoms with Gasteiger partial charge in [-0.25, -0.2) is 0 Å². The SMILES string of the molecule is CCCCC(CCC)NC(=O)C1CC1C(=O)O. The van der Waals surface area contributed by atoms with Crippen molar-refractivity contribution in [3.8, 4) is 0 Å². The molecule has 0 saturated heterocycles. The van der Waals surface area contributed by atoms with E-state index >= 15 is 0 Å². The van der Waals surface area contributed by atoms with Crippen molar-refractivity contribution < 1.29 is 14.7 Å². The van der Waals surface area contributed by atoms with Gasteiger partial charge in [-0.3, -0.25) is 9.59 Å². The molecule has 1 saturated carbocycles. The number of hydrogen-bond donors (Lipinski definition) is 2. The molecule has 0 aromatic rings. The van der Waals surface area contributed by atoms with Gasteiger partial charge in [0.1, 0.15) is 0 Å². The molecule has 1 aliphatic rings. The Morgan fingerprint density at radius 3 is 2.41 bits per heavy atom. The van der Waals surface area contributed by atoms with Crippen molar-refractivity contribution in [1.29, 1.82) is 0 Å². The highest BCUT2D eigenvalue weighted by molar-refractivity contribution is 5.89. The van der Waals surface area contributed by atoms with Crippen LogP contribution in [-0.2, 0) is 9.59 Å². The van der Waals surface area contributed by atoms with Gasteiger partial charge >= 0.3 is 5.97 Å². The number of unbranched alkanes of at least 4 members (excludes halogenated alkanes) is 1. The van der Waals surface area contributed by atoms with Gasteiger partial charge in [0.05, 0.1) is 11.8 Å². The van der Waals surface area contributed by atoms with E-state index in [0.717, 1.165) is 32.1 Å². The highest BCUT2D eigenvalue weighted by atomic mass is 16.4. The fraction of sp³-hybridized carbons (Fsp3) is 0.846. The van der Waals surface area contributed by atoms with Crippen LogP contribution in [0.2, 0.25) is 0 Å². The second-order valence-electron chi connectivity index (χ2n) is 4.92. The normalized spacial score (nSPS) is 24.1.